The molecule has 3 N–H and O–H groups in total. The Balaban J connectivity index is 0.000000785. The summed E-state index contributed by atoms with van der Waals surface area (Å²) in [4.78, 5) is 43.4. The van der Waals surface area contributed by atoms with Crippen LogP contribution in [0.25, 0.3) is 10.9 Å². The third kappa shape index (κ3) is 10.8. The van der Waals surface area contributed by atoms with E-state index in [2.05, 4.69) is 41.3 Å². The lowest BCUT2D eigenvalue weighted by atomic mass is 10.0. The molecule has 0 unspecified atom stereocenters. The first-order valence-corrected chi connectivity index (χ1v) is 17.8. The van der Waals surface area contributed by atoms with Crippen LogP contribution >= 0.6 is 11.6 Å². The van der Waals surface area contributed by atoms with Gasteiger partial charge in [0.2, 0.25) is 11.8 Å². The van der Waals surface area contributed by atoms with E-state index in [-0.39, 0.29) is 11.4 Å². The van der Waals surface area contributed by atoms with Crippen molar-refractivity contribution in [1.82, 2.24) is 9.88 Å². The predicted molar refractivity (Wildman–Crippen MR) is 200 cm³/mol. The molecule has 52 heavy (non-hydrogen) atoms. The molecule has 1 saturated carbocycles. The molecule has 0 aliphatic heterocycles. The summed E-state index contributed by atoms with van der Waals surface area (Å²) in [6.07, 6.45) is 4.51. The Labute approximate surface area is 308 Å². The van der Waals surface area contributed by atoms with Crippen LogP contribution in [0, 0.1) is 11.2 Å². The van der Waals surface area contributed by atoms with Gasteiger partial charge in [0.1, 0.15) is 22.7 Å². The Hall–Kier alpha value is -4.94. The summed E-state index contributed by atoms with van der Waals surface area (Å²) in [7, 11) is 1.53. The van der Waals surface area contributed by atoms with Gasteiger partial charge in [-0.15, -0.1) is 0 Å². The van der Waals surface area contributed by atoms with Crippen LogP contribution in [0.2, 0.25) is 5.02 Å². The van der Waals surface area contributed by atoms with Gasteiger partial charge in [-0.25, -0.2) is 4.39 Å². The number of fused-ring (bicyclic) bond motifs is 1. The summed E-state index contributed by atoms with van der Waals surface area (Å²) < 4.78 is 30.8. The minimum absolute atomic E-state index is 0.132. The van der Waals surface area contributed by atoms with Gasteiger partial charge < -0.3 is 34.9 Å². The fourth-order valence-corrected chi connectivity index (χ4v) is 5.61. The van der Waals surface area contributed by atoms with Gasteiger partial charge in [-0.05, 0) is 106 Å². The van der Waals surface area contributed by atoms with Crippen LogP contribution in [0.3, 0.4) is 0 Å². The van der Waals surface area contributed by atoms with Gasteiger partial charge in [-0.2, -0.15) is 0 Å². The number of hydrogen-bond donors (Lipinski definition) is 3. The third-order valence-electron chi connectivity index (χ3n) is 8.75. The smallest absolute Gasteiger partial charge is 0.303 e. The van der Waals surface area contributed by atoms with E-state index < -0.39 is 29.0 Å². The second-order valence-electron chi connectivity index (χ2n) is 12.2. The van der Waals surface area contributed by atoms with Crippen LogP contribution in [0.15, 0.2) is 66.9 Å². The number of amides is 2. The number of carbonyl (C=O) groups is 3. The number of pyridine rings is 1. The monoisotopic (exact) mass is 736 g/mol. The van der Waals surface area contributed by atoms with Crippen molar-refractivity contribution in [3.05, 3.63) is 77.7 Å². The van der Waals surface area contributed by atoms with Crippen molar-refractivity contribution in [3.8, 4) is 23.0 Å². The standard InChI is InChI=1S/C33H31ClFN3O7.C6H15N/c1-43-28-18-23-25(19-29(28)44-16-4-2-3-5-30(39)40)36-15-12-26(23)45-27-11-10-22(17-24(27)34)38-32(42)33(13-14-33)31(41)37-21-8-6-20(35)7-9-21;1-4-7(5-2)6-3/h6-12,15,17-19H,2-5,13-14,16H2,1H3,(H,37,41)(H,38,42)(H,39,40);4-6H2,1-3H3. The first-order valence-electron chi connectivity index (χ1n) is 17.4. The molecule has 0 atom stereocenters. The lowest BCUT2D eigenvalue weighted by molar-refractivity contribution is -0.137. The van der Waals surface area contributed by atoms with Crippen LogP contribution in [0.4, 0.5) is 15.8 Å². The van der Waals surface area contributed by atoms with E-state index in [0.717, 1.165) is 6.42 Å². The van der Waals surface area contributed by atoms with Crippen LogP contribution in [-0.4, -0.2) is 66.1 Å². The maximum Gasteiger partial charge on any atom is 0.303 e. The van der Waals surface area contributed by atoms with Gasteiger partial charge in [0.25, 0.3) is 0 Å². The highest BCUT2D eigenvalue weighted by Crippen LogP contribution is 2.48. The van der Waals surface area contributed by atoms with Crippen molar-refractivity contribution in [3.63, 3.8) is 0 Å². The molecule has 1 aliphatic rings. The molecule has 0 saturated heterocycles. The molecule has 0 spiro atoms. The van der Waals surface area contributed by atoms with Crippen molar-refractivity contribution in [2.75, 3.05) is 44.0 Å². The molecule has 2 amide bonds. The number of ether oxygens (including phenoxy) is 3. The Morgan fingerprint density at radius 3 is 2.08 bits per heavy atom. The van der Waals surface area contributed by atoms with Crippen molar-refractivity contribution < 1.29 is 38.1 Å². The number of aliphatic carboxylic acids is 1. The normalized spacial score (nSPS) is 12.8. The van der Waals surface area contributed by atoms with Crippen LogP contribution in [-0.2, 0) is 14.4 Å². The first kappa shape index (κ1) is 39.8. The number of halogens is 2. The van der Waals surface area contributed by atoms with Crippen LogP contribution in [0.5, 0.6) is 23.0 Å². The summed E-state index contributed by atoms with van der Waals surface area (Å²) in [6.45, 7) is 10.5. The van der Waals surface area contributed by atoms with Crippen LogP contribution in [0.1, 0.15) is 59.3 Å². The summed E-state index contributed by atoms with van der Waals surface area (Å²) in [6, 6.07) is 15.3. The van der Waals surface area contributed by atoms with Crippen molar-refractivity contribution in [2.24, 2.45) is 5.41 Å². The van der Waals surface area contributed by atoms with E-state index in [4.69, 9.17) is 30.9 Å². The molecular formula is C39H46ClFN4O7. The van der Waals surface area contributed by atoms with Gasteiger partial charge in [0, 0.05) is 35.4 Å². The summed E-state index contributed by atoms with van der Waals surface area (Å²) in [5, 5.41) is 15.1. The molecule has 1 heterocycles. The summed E-state index contributed by atoms with van der Waals surface area (Å²) in [5.41, 5.74) is 0.181. The molecular weight excluding hydrogens is 691 g/mol. The van der Waals surface area contributed by atoms with Gasteiger partial charge in [0.05, 0.1) is 24.3 Å². The molecule has 1 fully saturated rings. The Bertz CT molecular complexity index is 1830. The van der Waals surface area contributed by atoms with Gasteiger partial charge >= 0.3 is 5.97 Å². The number of anilines is 2. The van der Waals surface area contributed by atoms with Gasteiger partial charge in [0.15, 0.2) is 11.5 Å². The largest absolute Gasteiger partial charge is 0.493 e. The maximum atomic E-state index is 13.2. The fraction of sp³-hybridized carbons (Fsp3) is 0.385. The van der Waals surface area contributed by atoms with Crippen molar-refractivity contribution in [1.29, 1.82) is 0 Å². The van der Waals surface area contributed by atoms with E-state index in [1.165, 1.54) is 57.1 Å². The highest BCUT2D eigenvalue weighted by molar-refractivity contribution is 6.32. The molecule has 0 radical (unpaired) electrons. The number of nitrogens with one attached hydrogen (secondary N) is 2. The fourth-order valence-electron chi connectivity index (χ4n) is 5.39. The van der Waals surface area contributed by atoms with E-state index >= 15 is 0 Å². The zero-order valence-electron chi connectivity index (χ0n) is 30.0. The van der Waals surface area contributed by atoms with Crippen LogP contribution < -0.4 is 24.8 Å². The predicted octanol–water partition coefficient (Wildman–Crippen LogP) is 8.56. The average Bonchev–Trinajstić information content (AvgIpc) is 3.95. The highest BCUT2D eigenvalue weighted by atomic mass is 35.5. The third-order valence-corrected chi connectivity index (χ3v) is 9.05. The minimum Gasteiger partial charge on any atom is -0.493 e. The van der Waals surface area contributed by atoms with Gasteiger partial charge in [-0.3, -0.25) is 19.4 Å². The molecule has 11 nitrogen and oxygen atoms in total. The summed E-state index contributed by atoms with van der Waals surface area (Å²) in [5.74, 6) is -0.373. The Morgan fingerprint density at radius 1 is 0.846 bits per heavy atom. The zero-order valence-corrected chi connectivity index (χ0v) is 30.7. The number of benzene rings is 3. The van der Waals surface area contributed by atoms with Gasteiger partial charge in [-0.1, -0.05) is 32.4 Å². The quantitative estimate of drug-likeness (QED) is 0.0719. The Kier molecular flexibility index (Phi) is 14.6. The highest BCUT2D eigenvalue weighted by Gasteiger charge is 2.56. The molecule has 3 aromatic carbocycles. The van der Waals surface area contributed by atoms with E-state index in [1.54, 1.807) is 36.5 Å². The maximum absolute atomic E-state index is 13.2. The minimum atomic E-state index is -1.21. The molecule has 1 aliphatic carbocycles. The average molecular weight is 737 g/mol. The number of rotatable bonds is 17. The van der Waals surface area contributed by atoms with Crippen molar-refractivity contribution in [2.45, 2.75) is 59.3 Å². The number of aromatic nitrogens is 1. The SMILES string of the molecule is CCN(CC)CC.COc1cc2c(Oc3ccc(NC(=O)C4(C(=O)Nc5ccc(F)cc5)CC4)cc3Cl)ccnc2cc1OCCCCCC(=O)O. The van der Waals surface area contributed by atoms with E-state index in [0.29, 0.717) is 77.6 Å². The van der Waals surface area contributed by atoms with E-state index in [1.807, 2.05) is 0 Å². The lowest BCUT2D eigenvalue weighted by Gasteiger charge is -2.17. The molecule has 0 bridgehead atoms. The number of methoxy groups -OCH3 is 1. The second-order valence-corrected chi connectivity index (χ2v) is 12.7. The number of carboxylic acids is 1. The molecule has 1 aromatic heterocycles. The molecule has 278 valence electrons. The number of nitrogens with zero attached hydrogens (tertiary/aromatic N) is 2. The number of unbranched alkanes of at least 4 members (excludes halogenated alkanes) is 2. The number of hydrogen-bond acceptors (Lipinski definition) is 8. The molecule has 4 aromatic rings. The first-order chi connectivity index (χ1) is 25.0. The number of carbonyl (C=O) groups excluding carboxylic acids is 2. The molecule has 13 heteroatoms. The molecule has 5 rings (SSSR count). The van der Waals surface area contributed by atoms with E-state index in [9.17, 15) is 18.8 Å². The lowest BCUT2D eigenvalue weighted by Crippen LogP contribution is -2.35. The number of carboxylic acid groups (broad SMARTS) is 1. The Morgan fingerprint density at radius 2 is 1.50 bits per heavy atom. The zero-order chi connectivity index (χ0) is 37.7. The van der Waals surface area contributed by atoms with Crippen molar-refractivity contribution >= 4 is 51.7 Å². The second kappa shape index (κ2) is 19.1. The topological polar surface area (TPSA) is 139 Å². The summed E-state index contributed by atoms with van der Waals surface area (Å²) >= 11 is 6.54.